The van der Waals surface area contributed by atoms with Crippen LogP contribution in [-0.4, -0.2) is 31.7 Å². The van der Waals surface area contributed by atoms with Crippen molar-refractivity contribution in [3.05, 3.63) is 42.0 Å². The van der Waals surface area contributed by atoms with Gasteiger partial charge in [0.05, 0.1) is 30.8 Å². The summed E-state index contributed by atoms with van der Waals surface area (Å²) in [6, 6.07) is 11.1. The Labute approximate surface area is 140 Å². The fourth-order valence-electron chi connectivity index (χ4n) is 2.73. The third-order valence-corrected chi connectivity index (χ3v) is 3.95. The number of methoxy groups -OCH3 is 2. The summed E-state index contributed by atoms with van der Waals surface area (Å²) < 4.78 is 10.6. The lowest BCUT2D eigenvalue weighted by atomic mass is 10.0. The van der Waals surface area contributed by atoms with E-state index in [0.29, 0.717) is 23.6 Å². The number of hydrogen-bond acceptors (Lipinski definition) is 4. The molecule has 0 atom stereocenters. The van der Waals surface area contributed by atoms with Crippen molar-refractivity contribution >= 4 is 27.7 Å². The third-order valence-electron chi connectivity index (χ3n) is 3.95. The fourth-order valence-corrected chi connectivity index (χ4v) is 2.73. The number of fused-ring (bicyclic) bond motifs is 2. The Balaban J connectivity index is 2.34. The average molecular weight is 324 g/mol. The molecule has 1 aromatic heterocycles. The number of rotatable bonds is 5. The lowest BCUT2D eigenvalue weighted by molar-refractivity contribution is 0.0957. The second kappa shape index (κ2) is 6.74. The summed E-state index contributed by atoms with van der Waals surface area (Å²) in [4.78, 5) is 17.5. The molecule has 0 saturated carbocycles. The number of ether oxygens (including phenoxy) is 2. The highest BCUT2D eigenvalue weighted by molar-refractivity contribution is 6.16. The maximum Gasteiger partial charge on any atom is 0.252 e. The summed E-state index contributed by atoms with van der Waals surface area (Å²) in [5.74, 6) is 1.27. The number of carbonyl (C=O) groups is 1. The number of pyridine rings is 1. The zero-order valence-corrected chi connectivity index (χ0v) is 14.1. The molecule has 5 heteroatoms. The molecule has 0 unspecified atom stereocenters. The van der Waals surface area contributed by atoms with Crippen LogP contribution in [0.4, 0.5) is 0 Å². The minimum Gasteiger partial charge on any atom is -0.497 e. The number of nitrogens with zero attached hydrogens (tertiary/aromatic N) is 1. The van der Waals surface area contributed by atoms with Crippen molar-refractivity contribution in [1.82, 2.24) is 10.3 Å². The second-order valence-corrected chi connectivity index (χ2v) is 5.51. The van der Waals surface area contributed by atoms with Crippen LogP contribution in [0.2, 0.25) is 0 Å². The van der Waals surface area contributed by atoms with Crippen molar-refractivity contribution in [2.24, 2.45) is 0 Å². The van der Waals surface area contributed by atoms with Crippen LogP contribution in [0.15, 0.2) is 36.4 Å². The Morgan fingerprint density at radius 1 is 1.00 bits per heavy atom. The maximum absolute atomic E-state index is 12.8. The van der Waals surface area contributed by atoms with Gasteiger partial charge in [0.15, 0.2) is 0 Å². The monoisotopic (exact) mass is 324 g/mol. The van der Waals surface area contributed by atoms with Gasteiger partial charge in [-0.15, -0.1) is 0 Å². The molecule has 1 heterocycles. The smallest absolute Gasteiger partial charge is 0.252 e. The highest BCUT2D eigenvalue weighted by Crippen LogP contribution is 2.31. The van der Waals surface area contributed by atoms with E-state index < -0.39 is 0 Å². The molecular weight excluding hydrogens is 304 g/mol. The minimum absolute atomic E-state index is 0.115. The molecule has 0 fully saturated rings. The van der Waals surface area contributed by atoms with E-state index in [-0.39, 0.29) is 5.91 Å². The normalized spacial score (nSPS) is 10.8. The predicted molar refractivity (Wildman–Crippen MR) is 95.0 cm³/mol. The Hall–Kier alpha value is -2.82. The van der Waals surface area contributed by atoms with Gasteiger partial charge < -0.3 is 14.8 Å². The molecule has 0 aliphatic heterocycles. The van der Waals surface area contributed by atoms with E-state index in [1.165, 1.54) is 0 Å². The van der Waals surface area contributed by atoms with Crippen LogP contribution in [0.5, 0.6) is 11.5 Å². The van der Waals surface area contributed by atoms with E-state index >= 15 is 0 Å². The zero-order valence-electron chi connectivity index (χ0n) is 14.1. The molecule has 2 aromatic carbocycles. The number of benzene rings is 2. The largest absolute Gasteiger partial charge is 0.497 e. The molecule has 5 nitrogen and oxygen atoms in total. The first-order valence-corrected chi connectivity index (χ1v) is 7.91. The summed E-state index contributed by atoms with van der Waals surface area (Å²) in [7, 11) is 3.21. The van der Waals surface area contributed by atoms with Crippen molar-refractivity contribution < 1.29 is 14.3 Å². The van der Waals surface area contributed by atoms with Gasteiger partial charge in [-0.2, -0.15) is 0 Å². The number of aromatic nitrogens is 1. The number of hydrogen-bond donors (Lipinski definition) is 1. The van der Waals surface area contributed by atoms with Crippen LogP contribution in [-0.2, 0) is 0 Å². The van der Waals surface area contributed by atoms with Crippen molar-refractivity contribution in [3.63, 3.8) is 0 Å². The minimum atomic E-state index is -0.115. The highest BCUT2D eigenvalue weighted by Gasteiger charge is 2.17. The lowest BCUT2D eigenvalue weighted by Crippen LogP contribution is -2.24. The van der Waals surface area contributed by atoms with Crippen LogP contribution in [0.25, 0.3) is 21.8 Å². The molecule has 0 spiro atoms. The lowest BCUT2D eigenvalue weighted by Gasteiger charge is -2.13. The van der Waals surface area contributed by atoms with Gasteiger partial charge in [0.2, 0.25) is 0 Å². The number of nitrogens with one attached hydrogen (secondary N) is 1. The topological polar surface area (TPSA) is 60.5 Å². The van der Waals surface area contributed by atoms with Gasteiger partial charge in [-0.25, -0.2) is 4.98 Å². The zero-order chi connectivity index (χ0) is 17.1. The molecule has 0 aliphatic carbocycles. The predicted octanol–water partition coefficient (Wildman–Crippen LogP) is 3.55. The van der Waals surface area contributed by atoms with E-state index in [0.717, 1.165) is 28.2 Å². The van der Waals surface area contributed by atoms with E-state index in [9.17, 15) is 4.79 Å². The van der Waals surface area contributed by atoms with Gasteiger partial charge in [0, 0.05) is 17.3 Å². The molecule has 3 aromatic rings. The van der Waals surface area contributed by atoms with E-state index in [1.807, 2.05) is 43.3 Å². The van der Waals surface area contributed by atoms with Gasteiger partial charge in [0.25, 0.3) is 5.91 Å². The first kappa shape index (κ1) is 16.1. The Kier molecular flexibility index (Phi) is 4.51. The van der Waals surface area contributed by atoms with Crippen molar-refractivity contribution in [2.45, 2.75) is 13.3 Å². The van der Waals surface area contributed by atoms with E-state index in [1.54, 1.807) is 14.2 Å². The van der Waals surface area contributed by atoms with Gasteiger partial charge >= 0.3 is 0 Å². The number of amides is 1. The summed E-state index contributed by atoms with van der Waals surface area (Å²) in [6.45, 7) is 2.65. The van der Waals surface area contributed by atoms with Crippen LogP contribution in [0.1, 0.15) is 23.7 Å². The van der Waals surface area contributed by atoms with Crippen LogP contribution < -0.4 is 14.8 Å². The highest BCUT2D eigenvalue weighted by atomic mass is 16.5. The molecule has 0 aliphatic rings. The molecule has 124 valence electrons. The van der Waals surface area contributed by atoms with Gasteiger partial charge in [-0.1, -0.05) is 6.92 Å². The van der Waals surface area contributed by atoms with Gasteiger partial charge in [-0.3, -0.25) is 4.79 Å². The van der Waals surface area contributed by atoms with Gasteiger partial charge in [0.1, 0.15) is 11.5 Å². The SMILES string of the molecule is CCCNC(=O)c1c2cc(OC)ccc2nc2ccc(OC)cc12. The average Bonchev–Trinajstić information content (AvgIpc) is 2.63. The fraction of sp³-hybridized carbons (Fsp3) is 0.263. The van der Waals surface area contributed by atoms with E-state index in [2.05, 4.69) is 10.3 Å². The molecule has 3 rings (SSSR count). The quantitative estimate of drug-likeness (QED) is 0.729. The Bertz CT molecular complexity index is 844. The van der Waals surface area contributed by atoms with Crippen LogP contribution >= 0.6 is 0 Å². The second-order valence-electron chi connectivity index (χ2n) is 5.51. The third kappa shape index (κ3) is 2.85. The Morgan fingerprint density at radius 2 is 1.54 bits per heavy atom. The van der Waals surface area contributed by atoms with Crippen LogP contribution in [0.3, 0.4) is 0 Å². The molecular formula is C19H20N2O3. The van der Waals surface area contributed by atoms with E-state index in [4.69, 9.17) is 9.47 Å². The van der Waals surface area contributed by atoms with Gasteiger partial charge in [-0.05, 0) is 42.8 Å². The van der Waals surface area contributed by atoms with Crippen molar-refractivity contribution in [3.8, 4) is 11.5 Å². The molecule has 1 N–H and O–H groups in total. The standard InChI is InChI=1S/C19H20N2O3/c1-4-9-20-19(22)18-14-10-12(23-2)5-7-16(14)21-17-8-6-13(24-3)11-15(17)18/h5-8,10-11H,4,9H2,1-3H3,(H,20,22). The summed E-state index contributed by atoms with van der Waals surface area (Å²) in [6.07, 6.45) is 0.874. The Morgan fingerprint density at radius 3 is 2.00 bits per heavy atom. The molecule has 0 saturated heterocycles. The van der Waals surface area contributed by atoms with Crippen molar-refractivity contribution in [1.29, 1.82) is 0 Å². The first-order chi connectivity index (χ1) is 11.7. The number of carbonyl (C=O) groups excluding carboxylic acids is 1. The van der Waals surface area contributed by atoms with Crippen LogP contribution in [0, 0.1) is 0 Å². The summed E-state index contributed by atoms with van der Waals surface area (Å²) in [5.41, 5.74) is 2.12. The first-order valence-electron chi connectivity index (χ1n) is 7.91. The summed E-state index contributed by atoms with van der Waals surface area (Å²) in [5, 5.41) is 4.49. The van der Waals surface area contributed by atoms with Crippen molar-refractivity contribution in [2.75, 3.05) is 20.8 Å². The molecule has 1 amide bonds. The molecule has 0 bridgehead atoms. The maximum atomic E-state index is 12.8. The summed E-state index contributed by atoms with van der Waals surface area (Å²) >= 11 is 0. The molecule has 24 heavy (non-hydrogen) atoms. The molecule has 0 radical (unpaired) electrons.